The minimum atomic E-state index is -1.11. The number of aliphatic hydroxyl groups is 1. The van der Waals surface area contributed by atoms with Crippen molar-refractivity contribution in [1.29, 1.82) is 0 Å². The predicted octanol–water partition coefficient (Wildman–Crippen LogP) is 4.21. The van der Waals surface area contributed by atoms with Gasteiger partial charge in [-0.2, -0.15) is 0 Å². The molecule has 3 aliphatic rings. The number of carbonyl (C=O) groups is 3. The number of carbonyl (C=O) groups excluding carboxylic acids is 3. The molecule has 218 valence electrons. The summed E-state index contributed by atoms with van der Waals surface area (Å²) >= 11 is 6.12. The molecule has 3 saturated heterocycles. The number of amides is 3. The van der Waals surface area contributed by atoms with Gasteiger partial charge in [0.15, 0.2) is 0 Å². The second kappa shape index (κ2) is 12.5. The Bertz CT molecular complexity index is 1130. The number of hydrogen-bond donors (Lipinski definition) is 1. The van der Waals surface area contributed by atoms with Crippen molar-refractivity contribution in [1.82, 2.24) is 9.80 Å². The van der Waals surface area contributed by atoms with Crippen LogP contribution < -0.4 is 4.90 Å². The summed E-state index contributed by atoms with van der Waals surface area (Å²) < 4.78 is 6.91. The number of ether oxygens (including phenoxy) is 1. The first-order valence-corrected chi connectivity index (χ1v) is 14.8. The third-order valence-corrected chi connectivity index (χ3v) is 9.11. The first kappa shape index (κ1) is 30.3. The van der Waals surface area contributed by atoms with Crippen LogP contribution in [0.1, 0.15) is 52.4 Å². The molecule has 5 atom stereocenters. The van der Waals surface area contributed by atoms with Crippen LogP contribution in [0.15, 0.2) is 49.6 Å². The third-order valence-electron chi connectivity index (χ3n) is 8.86. The van der Waals surface area contributed by atoms with Crippen LogP contribution in [-0.2, 0) is 19.1 Å². The Balaban J connectivity index is 1.80. The van der Waals surface area contributed by atoms with Crippen molar-refractivity contribution >= 4 is 35.0 Å². The lowest BCUT2D eigenvalue weighted by Crippen LogP contribution is -2.56. The van der Waals surface area contributed by atoms with E-state index in [-0.39, 0.29) is 30.9 Å². The number of anilines is 1. The molecule has 40 heavy (non-hydrogen) atoms. The monoisotopic (exact) mass is 571 g/mol. The zero-order valence-corrected chi connectivity index (χ0v) is 24.4. The van der Waals surface area contributed by atoms with Gasteiger partial charge in [-0.3, -0.25) is 14.4 Å². The van der Waals surface area contributed by atoms with Gasteiger partial charge in [0.2, 0.25) is 11.8 Å². The molecule has 1 aromatic carbocycles. The van der Waals surface area contributed by atoms with Crippen LogP contribution in [0.5, 0.6) is 0 Å². The van der Waals surface area contributed by atoms with E-state index in [2.05, 4.69) is 13.2 Å². The minimum absolute atomic E-state index is 0.00728. The van der Waals surface area contributed by atoms with Crippen molar-refractivity contribution in [3.05, 3.63) is 54.6 Å². The van der Waals surface area contributed by atoms with Gasteiger partial charge >= 0.3 is 0 Å². The highest BCUT2D eigenvalue weighted by Crippen LogP contribution is 2.64. The summed E-state index contributed by atoms with van der Waals surface area (Å²) in [6.07, 6.45) is 6.87. The highest BCUT2D eigenvalue weighted by molar-refractivity contribution is 6.30. The largest absolute Gasteiger partial charge is 0.396 e. The molecule has 1 spiro atoms. The Hall–Kier alpha value is -2.68. The Morgan fingerprint density at radius 2 is 1.82 bits per heavy atom. The number of fused-ring (bicyclic) bond motifs is 1. The third kappa shape index (κ3) is 4.99. The molecule has 0 radical (unpaired) electrons. The Morgan fingerprint density at radius 3 is 2.42 bits per heavy atom. The van der Waals surface area contributed by atoms with Crippen LogP contribution in [0.2, 0.25) is 5.02 Å². The van der Waals surface area contributed by atoms with Gasteiger partial charge in [0.1, 0.15) is 11.6 Å². The quantitative estimate of drug-likeness (QED) is 0.267. The summed E-state index contributed by atoms with van der Waals surface area (Å²) in [4.78, 5) is 48.1. The van der Waals surface area contributed by atoms with Crippen LogP contribution in [-0.4, -0.2) is 82.7 Å². The fourth-order valence-corrected chi connectivity index (χ4v) is 7.27. The van der Waals surface area contributed by atoms with Gasteiger partial charge in [-0.25, -0.2) is 0 Å². The molecule has 3 amide bonds. The van der Waals surface area contributed by atoms with Crippen molar-refractivity contribution in [3.8, 4) is 0 Å². The van der Waals surface area contributed by atoms with E-state index in [1.807, 2.05) is 13.8 Å². The van der Waals surface area contributed by atoms with Crippen molar-refractivity contribution < 1.29 is 24.2 Å². The lowest BCUT2D eigenvalue weighted by molar-refractivity contribution is -0.151. The molecule has 0 saturated carbocycles. The number of nitrogens with zero attached hydrogens (tertiary/aromatic N) is 3. The highest BCUT2D eigenvalue weighted by Gasteiger charge is 2.79. The molecule has 8 nitrogen and oxygen atoms in total. The number of hydrogen-bond acceptors (Lipinski definition) is 5. The Morgan fingerprint density at radius 1 is 1.12 bits per heavy atom. The fourth-order valence-electron chi connectivity index (χ4n) is 7.14. The molecule has 1 aromatic rings. The zero-order chi connectivity index (χ0) is 29.1. The summed E-state index contributed by atoms with van der Waals surface area (Å²) in [6, 6.07) is 6.10. The topological polar surface area (TPSA) is 90.4 Å². The number of benzene rings is 1. The zero-order valence-electron chi connectivity index (χ0n) is 23.7. The van der Waals surface area contributed by atoms with Gasteiger partial charge in [-0.1, -0.05) is 37.6 Å². The van der Waals surface area contributed by atoms with Crippen LogP contribution in [0.3, 0.4) is 0 Å². The maximum Gasteiger partial charge on any atom is 0.253 e. The van der Waals surface area contributed by atoms with Crippen molar-refractivity contribution in [2.45, 2.75) is 69.6 Å². The molecule has 3 aliphatic heterocycles. The van der Waals surface area contributed by atoms with E-state index in [4.69, 9.17) is 16.3 Å². The van der Waals surface area contributed by atoms with E-state index < -0.39 is 29.1 Å². The summed E-state index contributed by atoms with van der Waals surface area (Å²) in [5.74, 6) is -2.01. The Labute approximate surface area is 242 Å². The number of halogens is 1. The van der Waals surface area contributed by atoms with Gasteiger partial charge < -0.3 is 24.5 Å². The smallest absolute Gasteiger partial charge is 0.253 e. The van der Waals surface area contributed by atoms with E-state index in [0.717, 1.165) is 6.42 Å². The van der Waals surface area contributed by atoms with Crippen LogP contribution in [0, 0.1) is 11.8 Å². The van der Waals surface area contributed by atoms with E-state index in [1.54, 1.807) is 51.1 Å². The SMILES string of the molecule is C=CCN(CCC)C(=O)[C@H]1[C@H]2C(=O)N(CCCCO)C(C(=O)N(CC=C)c3ccc(Cl)cc3)C23CC[C@]1(CC)O3. The summed E-state index contributed by atoms with van der Waals surface area (Å²) in [5.41, 5.74) is -1.27. The number of aliphatic hydroxyl groups excluding tert-OH is 1. The molecule has 2 bridgehead atoms. The first-order chi connectivity index (χ1) is 19.2. The molecule has 3 heterocycles. The van der Waals surface area contributed by atoms with E-state index in [0.29, 0.717) is 62.4 Å². The molecule has 1 N–H and O–H groups in total. The van der Waals surface area contributed by atoms with Gasteiger partial charge in [0.05, 0.1) is 17.4 Å². The molecular formula is C31H42ClN3O5. The van der Waals surface area contributed by atoms with Crippen LogP contribution >= 0.6 is 11.6 Å². The minimum Gasteiger partial charge on any atom is -0.396 e. The molecule has 2 unspecified atom stereocenters. The van der Waals surface area contributed by atoms with Gasteiger partial charge in [0.25, 0.3) is 5.91 Å². The van der Waals surface area contributed by atoms with Crippen LogP contribution in [0.25, 0.3) is 0 Å². The normalized spacial score (nSPS) is 28.4. The lowest BCUT2D eigenvalue weighted by Gasteiger charge is -2.37. The summed E-state index contributed by atoms with van der Waals surface area (Å²) in [7, 11) is 0. The second-order valence-electron chi connectivity index (χ2n) is 11.1. The van der Waals surface area contributed by atoms with Gasteiger partial charge in [0, 0.05) is 43.5 Å². The van der Waals surface area contributed by atoms with E-state index in [1.165, 1.54) is 0 Å². The maximum absolute atomic E-state index is 14.6. The number of unbranched alkanes of at least 4 members (excludes halogenated alkanes) is 1. The number of rotatable bonds is 14. The van der Waals surface area contributed by atoms with Gasteiger partial charge in [-0.15, -0.1) is 13.2 Å². The molecule has 3 fully saturated rings. The molecule has 4 rings (SSSR count). The molecule has 9 heteroatoms. The standard InChI is InChI=1S/C31H42ClN3O5/c1-5-17-33(18-6-2)27(37)24-25-28(38)35(20-9-10-21-36)26(31(25)16-15-30(24,8-4)40-31)29(39)34(19-7-3)23-13-11-22(32)12-14-23/h5,7,11-14,24-26,36H,1,3,6,8-10,15-21H2,2,4H3/t24-,25+,26?,30+,31?/m1/s1. The van der Waals surface area contributed by atoms with Crippen LogP contribution in [0.4, 0.5) is 5.69 Å². The summed E-state index contributed by atoms with van der Waals surface area (Å²) in [6.45, 7) is 13.2. The first-order valence-electron chi connectivity index (χ1n) is 14.4. The second-order valence-corrected chi connectivity index (χ2v) is 11.5. The molecule has 0 aliphatic carbocycles. The van der Waals surface area contributed by atoms with Crippen molar-refractivity contribution in [2.24, 2.45) is 11.8 Å². The predicted molar refractivity (Wildman–Crippen MR) is 156 cm³/mol. The van der Waals surface area contributed by atoms with Crippen molar-refractivity contribution in [2.75, 3.05) is 37.7 Å². The van der Waals surface area contributed by atoms with Gasteiger partial charge in [-0.05, 0) is 62.8 Å². The average molecular weight is 572 g/mol. The fraction of sp³-hybridized carbons (Fsp3) is 0.581. The van der Waals surface area contributed by atoms with E-state index in [9.17, 15) is 19.5 Å². The molecular weight excluding hydrogens is 530 g/mol. The maximum atomic E-state index is 14.6. The Kier molecular flexibility index (Phi) is 9.43. The summed E-state index contributed by atoms with van der Waals surface area (Å²) in [5, 5.41) is 9.99. The van der Waals surface area contributed by atoms with E-state index >= 15 is 0 Å². The van der Waals surface area contributed by atoms with Crippen molar-refractivity contribution in [3.63, 3.8) is 0 Å². The number of likely N-dealkylation sites (tertiary alicyclic amines) is 1. The lowest BCUT2D eigenvalue weighted by atomic mass is 9.64. The molecule has 0 aromatic heterocycles. The highest BCUT2D eigenvalue weighted by atomic mass is 35.5. The average Bonchev–Trinajstić information content (AvgIpc) is 3.55.